The number of alkyl carbamates (subject to hydrolysis) is 1. The average Bonchev–Trinajstić information content (AvgIpc) is 2.57. The van der Waals surface area contributed by atoms with E-state index in [-0.39, 0.29) is 6.42 Å². The fourth-order valence-corrected chi connectivity index (χ4v) is 1.97. The van der Waals surface area contributed by atoms with Crippen molar-refractivity contribution in [1.29, 1.82) is 0 Å². The standard InChI is InChI=1S/C17H29N3O12/c1-16(2,3)30-14(22)12(18-15(23)31-17(4,5)6)7-8-13(21)28-9-11(32-20(26)27)10-29-19(24)25/h11-12H,7-10H2,1-6H3,(H,18,23)/t11-,12-/m0/s1. The number of nitrogens with zero attached hydrogens (tertiary/aromatic N) is 2. The zero-order chi connectivity index (χ0) is 25.1. The van der Waals surface area contributed by atoms with E-state index in [4.69, 9.17) is 14.2 Å². The molecule has 0 rings (SSSR count). The van der Waals surface area contributed by atoms with Gasteiger partial charge in [0.15, 0.2) is 6.10 Å². The van der Waals surface area contributed by atoms with Gasteiger partial charge in [0.2, 0.25) is 0 Å². The van der Waals surface area contributed by atoms with E-state index in [0.717, 1.165) is 0 Å². The minimum Gasteiger partial charge on any atom is -0.463 e. The molecule has 0 heterocycles. The van der Waals surface area contributed by atoms with Crippen LogP contribution < -0.4 is 5.32 Å². The number of hydrogen-bond donors (Lipinski definition) is 1. The molecule has 184 valence electrons. The third kappa shape index (κ3) is 15.4. The van der Waals surface area contributed by atoms with Crippen LogP contribution in [0.1, 0.15) is 54.4 Å². The van der Waals surface area contributed by atoms with E-state index in [1.165, 1.54) is 0 Å². The van der Waals surface area contributed by atoms with Crippen LogP contribution in [0.5, 0.6) is 0 Å². The molecule has 0 radical (unpaired) electrons. The molecule has 0 aliphatic heterocycles. The van der Waals surface area contributed by atoms with Crippen LogP contribution in [0.4, 0.5) is 4.79 Å². The molecule has 0 unspecified atom stereocenters. The summed E-state index contributed by atoms with van der Waals surface area (Å²) in [5, 5.41) is 20.5. The van der Waals surface area contributed by atoms with E-state index < -0.39 is 71.2 Å². The number of rotatable bonds is 12. The number of nitrogens with one attached hydrogen (secondary N) is 1. The second-order valence-electron chi connectivity index (χ2n) is 8.42. The highest BCUT2D eigenvalue weighted by atomic mass is 17.0. The van der Waals surface area contributed by atoms with Crippen LogP contribution in [0.3, 0.4) is 0 Å². The SMILES string of the molecule is CC(C)(C)OC(=O)N[C@@H](CCC(=O)OC[C@@H](CO[N+](=O)[O-])O[N+](=O)[O-])C(=O)OC(C)(C)C. The summed E-state index contributed by atoms with van der Waals surface area (Å²) in [4.78, 5) is 65.1. The van der Waals surface area contributed by atoms with Gasteiger partial charge >= 0.3 is 18.0 Å². The molecule has 0 fully saturated rings. The Labute approximate surface area is 183 Å². The second kappa shape index (κ2) is 12.5. The minimum atomic E-state index is -1.54. The van der Waals surface area contributed by atoms with Gasteiger partial charge in [0.05, 0.1) is 0 Å². The maximum Gasteiger partial charge on any atom is 0.408 e. The smallest absolute Gasteiger partial charge is 0.408 e. The van der Waals surface area contributed by atoms with Gasteiger partial charge < -0.3 is 29.2 Å². The van der Waals surface area contributed by atoms with Crippen molar-refractivity contribution >= 4 is 18.0 Å². The number of amides is 1. The summed E-state index contributed by atoms with van der Waals surface area (Å²) in [6.07, 6.45) is -3.08. The van der Waals surface area contributed by atoms with E-state index in [2.05, 4.69) is 15.0 Å². The molecule has 0 saturated heterocycles. The predicted octanol–water partition coefficient (Wildman–Crippen LogP) is 1.33. The first-order valence-corrected chi connectivity index (χ1v) is 9.45. The number of esters is 2. The van der Waals surface area contributed by atoms with Crippen molar-refractivity contribution < 1.29 is 48.4 Å². The van der Waals surface area contributed by atoms with E-state index in [1.54, 1.807) is 41.5 Å². The van der Waals surface area contributed by atoms with Crippen LogP contribution in [0.15, 0.2) is 0 Å². The normalized spacial score (nSPS) is 13.2. The largest absolute Gasteiger partial charge is 0.463 e. The van der Waals surface area contributed by atoms with Crippen molar-refractivity contribution in [2.75, 3.05) is 13.2 Å². The molecule has 0 saturated carbocycles. The van der Waals surface area contributed by atoms with Crippen molar-refractivity contribution in [2.24, 2.45) is 0 Å². The highest BCUT2D eigenvalue weighted by Crippen LogP contribution is 2.13. The van der Waals surface area contributed by atoms with E-state index in [1.807, 2.05) is 0 Å². The lowest BCUT2D eigenvalue weighted by atomic mass is 10.1. The number of ether oxygens (including phenoxy) is 3. The maximum atomic E-state index is 12.4. The van der Waals surface area contributed by atoms with Gasteiger partial charge in [-0.2, -0.15) is 0 Å². The van der Waals surface area contributed by atoms with Gasteiger partial charge in [0.1, 0.15) is 30.5 Å². The third-order valence-corrected chi connectivity index (χ3v) is 3.05. The van der Waals surface area contributed by atoms with Gasteiger partial charge in [0.25, 0.3) is 10.2 Å². The quantitative estimate of drug-likeness (QED) is 0.187. The molecule has 0 aromatic heterocycles. The van der Waals surface area contributed by atoms with Crippen LogP contribution in [-0.2, 0) is 33.5 Å². The number of carbonyl (C=O) groups is 3. The van der Waals surface area contributed by atoms with Crippen molar-refractivity contribution in [1.82, 2.24) is 5.32 Å². The summed E-state index contributed by atoms with van der Waals surface area (Å²) < 4.78 is 15.1. The van der Waals surface area contributed by atoms with E-state index in [9.17, 15) is 34.6 Å². The highest BCUT2D eigenvalue weighted by Gasteiger charge is 2.29. The molecule has 0 aliphatic rings. The molecular weight excluding hydrogens is 438 g/mol. The molecule has 15 nitrogen and oxygen atoms in total. The fourth-order valence-electron chi connectivity index (χ4n) is 1.97. The molecule has 0 aromatic carbocycles. The summed E-state index contributed by atoms with van der Waals surface area (Å²) in [5.41, 5.74) is -1.70. The third-order valence-electron chi connectivity index (χ3n) is 3.05. The topological polar surface area (TPSA) is 196 Å². The van der Waals surface area contributed by atoms with Crippen molar-refractivity contribution in [3.63, 3.8) is 0 Å². The lowest BCUT2D eigenvalue weighted by Gasteiger charge is -2.26. The molecule has 2 atom stereocenters. The zero-order valence-electron chi connectivity index (χ0n) is 18.8. The van der Waals surface area contributed by atoms with Crippen LogP contribution in [0, 0.1) is 20.2 Å². The van der Waals surface area contributed by atoms with Gasteiger partial charge in [-0.1, -0.05) is 0 Å². The summed E-state index contributed by atoms with van der Waals surface area (Å²) in [7, 11) is 0. The number of carbonyl (C=O) groups excluding carboxylic acids is 3. The summed E-state index contributed by atoms with van der Waals surface area (Å²) >= 11 is 0. The Morgan fingerprint density at radius 3 is 1.94 bits per heavy atom. The van der Waals surface area contributed by atoms with Crippen molar-refractivity contribution in [3.8, 4) is 0 Å². The molecule has 0 aromatic rings. The van der Waals surface area contributed by atoms with Gasteiger partial charge in [-0.3, -0.25) is 4.79 Å². The first-order valence-electron chi connectivity index (χ1n) is 9.45. The lowest BCUT2D eigenvalue weighted by molar-refractivity contribution is -0.790. The van der Waals surface area contributed by atoms with Crippen molar-refractivity contribution in [2.45, 2.75) is 77.7 Å². The molecule has 1 N–H and O–H groups in total. The molecule has 0 aliphatic carbocycles. The summed E-state index contributed by atoms with van der Waals surface area (Å²) in [6, 6.07) is -1.25. The number of hydrogen-bond acceptors (Lipinski definition) is 12. The molecular formula is C17H29N3O12. The fraction of sp³-hybridized carbons (Fsp3) is 0.824. The Bertz CT molecular complexity index is 683. The first-order chi connectivity index (χ1) is 14.5. The molecule has 0 bridgehead atoms. The van der Waals surface area contributed by atoms with Crippen LogP contribution in [0.2, 0.25) is 0 Å². The van der Waals surface area contributed by atoms with Crippen molar-refractivity contribution in [3.05, 3.63) is 20.2 Å². The Balaban J connectivity index is 4.94. The summed E-state index contributed by atoms with van der Waals surface area (Å²) in [6.45, 7) is 8.16. The van der Waals surface area contributed by atoms with E-state index >= 15 is 0 Å². The zero-order valence-corrected chi connectivity index (χ0v) is 18.8. The van der Waals surface area contributed by atoms with Gasteiger partial charge in [-0.25, -0.2) is 9.59 Å². The average molecular weight is 467 g/mol. The minimum absolute atomic E-state index is 0.237. The Morgan fingerprint density at radius 2 is 1.47 bits per heavy atom. The maximum absolute atomic E-state index is 12.4. The molecule has 0 spiro atoms. The Morgan fingerprint density at radius 1 is 0.906 bits per heavy atom. The van der Waals surface area contributed by atoms with Gasteiger partial charge in [-0.15, -0.1) is 20.2 Å². The highest BCUT2D eigenvalue weighted by molar-refractivity contribution is 5.82. The van der Waals surface area contributed by atoms with Crippen LogP contribution in [-0.4, -0.2) is 64.8 Å². The molecule has 15 heteroatoms. The van der Waals surface area contributed by atoms with Gasteiger partial charge in [0, 0.05) is 6.42 Å². The first kappa shape index (κ1) is 28.6. The lowest BCUT2D eigenvalue weighted by Crippen LogP contribution is -2.46. The summed E-state index contributed by atoms with van der Waals surface area (Å²) in [5.74, 6) is -1.73. The Hall–Kier alpha value is -3.39. The van der Waals surface area contributed by atoms with Gasteiger partial charge in [-0.05, 0) is 48.0 Å². The molecule has 1 amide bonds. The molecule has 32 heavy (non-hydrogen) atoms. The Kier molecular flexibility index (Phi) is 11.1. The van der Waals surface area contributed by atoms with E-state index in [0.29, 0.717) is 0 Å². The van der Waals surface area contributed by atoms with Crippen LogP contribution in [0.25, 0.3) is 0 Å². The second-order valence-corrected chi connectivity index (χ2v) is 8.42. The predicted molar refractivity (Wildman–Crippen MR) is 104 cm³/mol. The monoisotopic (exact) mass is 467 g/mol. The van der Waals surface area contributed by atoms with Crippen LogP contribution >= 0.6 is 0 Å².